The summed E-state index contributed by atoms with van der Waals surface area (Å²) in [5.41, 5.74) is 1.23. The third kappa shape index (κ3) is 3.52. The van der Waals surface area contributed by atoms with Gasteiger partial charge in [0.05, 0.1) is 5.25 Å². The highest BCUT2D eigenvalue weighted by molar-refractivity contribution is 8.06. The van der Waals surface area contributed by atoms with Gasteiger partial charge in [-0.1, -0.05) is 32.5 Å². The van der Waals surface area contributed by atoms with Crippen molar-refractivity contribution in [3.8, 4) is 0 Å². The highest BCUT2D eigenvalue weighted by Gasteiger charge is 2.28. The van der Waals surface area contributed by atoms with E-state index in [-0.39, 0.29) is 0 Å². The average Bonchev–Trinajstić information content (AvgIpc) is 2.38. The Bertz CT molecular complexity index is 444. The van der Waals surface area contributed by atoms with Crippen LogP contribution >= 0.6 is 35.7 Å². The van der Waals surface area contributed by atoms with E-state index in [4.69, 9.17) is 12.2 Å². The minimum Gasteiger partial charge on any atom is -0.346 e. The topological polar surface area (TPSA) is 28.7 Å². The SMILES string of the molecule is CCCc1cc(=S)nc(C2SCCSC2CC)[nH]1. The number of rotatable bonds is 4. The monoisotopic (exact) mass is 300 g/mol. The second-order valence-corrected chi connectivity index (χ2v) is 7.50. The molecule has 1 aromatic rings. The Kier molecular flexibility index (Phi) is 5.57. The molecule has 2 unspecified atom stereocenters. The summed E-state index contributed by atoms with van der Waals surface area (Å²) >= 11 is 9.40. The summed E-state index contributed by atoms with van der Waals surface area (Å²) in [5, 5.41) is 1.14. The molecule has 2 nitrogen and oxygen atoms in total. The summed E-state index contributed by atoms with van der Waals surface area (Å²) in [6, 6.07) is 2.00. The molecule has 2 atom stereocenters. The van der Waals surface area contributed by atoms with Crippen LogP contribution in [0.25, 0.3) is 0 Å². The van der Waals surface area contributed by atoms with Crippen LogP contribution in [0.5, 0.6) is 0 Å². The van der Waals surface area contributed by atoms with E-state index in [1.807, 2.05) is 17.8 Å². The predicted octanol–water partition coefficient (Wildman–Crippen LogP) is 4.39. The highest BCUT2D eigenvalue weighted by atomic mass is 32.2. The Morgan fingerprint density at radius 2 is 2.17 bits per heavy atom. The Balaban J connectivity index is 2.27. The van der Waals surface area contributed by atoms with Gasteiger partial charge in [-0.2, -0.15) is 11.8 Å². The molecule has 0 spiro atoms. The van der Waals surface area contributed by atoms with E-state index in [2.05, 4.69) is 35.6 Å². The Hall–Kier alpha value is -0.0000000000000000555. The van der Waals surface area contributed by atoms with Crippen molar-refractivity contribution in [1.29, 1.82) is 0 Å². The Morgan fingerprint density at radius 3 is 2.89 bits per heavy atom. The minimum absolute atomic E-state index is 0.479. The summed E-state index contributed by atoms with van der Waals surface area (Å²) in [7, 11) is 0. The lowest BCUT2D eigenvalue weighted by molar-refractivity contribution is 0.733. The van der Waals surface area contributed by atoms with Crippen molar-refractivity contribution >= 4 is 35.7 Å². The number of nitrogens with zero attached hydrogens (tertiary/aromatic N) is 1. The molecule has 1 fully saturated rings. The molecule has 1 saturated heterocycles. The van der Waals surface area contributed by atoms with Gasteiger partial charge in [0.2, 0.25) is 0 Å². The molecular weight excluding hydrogens is 280 g/mol. The average molecular weight is 301 g/mol. The number of thioether (sulfide) groups is 2. The summed E-state index contributed by atoms with van der Waals surface area (Å²) in [4.78, 5) is 8.07. The number of hydrogen-bond donors (Lipinski definition) is 1. The van der Waals surface area contributed by atoms with Crippen molar-refractivity contribution < 1.29 is 0 Å². The molecule has 0 aromatic carbocycles. The first kappa shape index (κ1) is 14.4. The smallest absolute Gasteiger partial charge is 0.130 e. The van der Waals surface area contributed by atoms with Gasteiger partial charge in [0, 0.05) is 22.4 Å². The van der Waals surface area contributed by atoms with E-state index in [1.54, 1.807) is 0 Å². The predicted molar refractivity (Wildman–Crippen MR) is 85.2 cm³/mol. The van der Waals surface area contributed by atoms with Crippen LogP contribution in [-0.4, -0.2) is 26.7 Å². The molecule has 2 rings (SSSR count). The van der Waals surface area contributed by atoms with E-state index in [9.17, 15) is 0 Å². The van der Waals surface area contributed by atoms with E-state index in [0.29, 0.717) is 10.5 Å². The fourth-order valence-electron chi connectivity index (χ4n) is 2.22. The van der Waals surface area contributed by atoms with Crippen LogP contribution in [0.1, 0.15) is 43.5 Å². The van der Waals surface area contributed by atoms with Crippen LogP contribution in [-0.2, 0) is 6.42 Å². The maximum Gasteiger partial charge on any atom is 0.130 e. The quantitative estimate of drug-likeness (QED) is 0.835. The van der Waals surface area contributed by atoms with Gasteiger partial charge in [0.1, 0.15) is 10.5 Å². The minimum atomic E-state index is 0.479. The number of aromatic nitrogens is 2. The van der Waals surface area contributed by atoms with E-state index >= 15 is 0 Å². The largest absolute Gasteiger partial charge is 0.346 e. The van der Waals surface area contributed by atoms with Gasteiger partial charge in [-0.15, -0.1) is 11.8 Å². The molecule has 0 amide bonds. The molecule has 100 valence electrons. The molecule has 0 aliphatic carbocycles. The molecule has 1 aromatic heterocycles. The van der Waals surface area contributed by atoms with Gasteiger partial charge >= 0.3 is 0 Å². The first-order chi connectivity index (χ1) is 8.74. The van der Waals surface area contributed by atoms with Gasteiger partial charge in [0.25, 0.3) is 0 Å². The summed E-state index contributed by atoms with van der Waals surface area (Å²) in [6.07, 6.45) is 3.39. The van der Waals surface area contributed by atoms with Gasteiger partial charge in [0.15, 0.2) is 0 Å². The van der Waals surface area contributed by atoms with Gasteiger partial charge < -0.3 is 4.98 Å². The van der Waals surface area contributed by atoms with E-state index < -0.39 is 0 Å². The zero-order valence-corrected chi connectivity index (χ0v) is 13.4. The lowest BCUT2D eigenvalue weighted by atomic mass is 10.2. The van der Waals surface area contributed by atoms with E-state index in [0.717, 1.165) is 23.3 Å². The number of H-pyrrole nitrogens is 1. The Morgan fingerprint density at radius 1 is 1.39 bits per heavy atom. The standard InChI is InChI=1S/C13H20N2S3/c1-3-5-9-8-11(16)15-13(14-9)12-10(4-2)17-6-7-18-12/h8,10,12H,3-7H2,1-2H3,(H,14,15,16). The molecule has 0 radical (unpaired) electrons. The number of nitrogens with one attached hydrogen (secondary N) is 1. The molecule has 1 aliphatic rings. The molecule has 0 bridgehead atoms. The van der Waals surface area contributed by atoms with Crippen LogP contribution in [0.4, 0.5) is 0 Å². The summed E-state index contributed by atoms with van der Waals surface area (Å²) < 4.78 is 0.734. The first-order valence-corrected chi connectivity index (χ1v) is 9.08. The molecule has 2 heterocycles. The molecule has 5 heteroatoms. The maximum absolute atomic E-state index is 5.30. The highest BCUT2D eigenvalue weighted by Crippen LogP contribution is 2.42. The third-order valence-electron chi connectivity index (χ3n) is 3.06. The van der Waals surface area contributed by atoms with Crippen LogP contribution in [0, 0.1) is 4.64 Å². The lowest BCUT2D eigenvalue weighted by Crippen LogP contribution is -2.20. The maximum atomic E-state index is 5.30. The summed E-state index contributed by atoms with van der Waals surface area (Å²) in [5.74, 6) is 3.57. The van der Waals surface area contributed by atoms with Crippen LogP contribution in [0.2, 0.25) is 0 Å². The van der Waals surface area contributed by atoms with Crippen LogP contribution in [0.15, 0.2) is 6.07 Å². The fourth-order valence-corrected chi connectivity index (χ4v) is 5.48. The van der Waals surface area contributed by atoms with Gasteiger partial charge in [-0.3, -0.25) is 0 Å². The van der Waals surface area contributed by atoms with Crippen molar-refractivity contribution in [3.05, 3.63) is 22.2 Å². The van der Waals surface area contributed by atoms with E-state index in [1.165, 1.54) is 23.6 Å². The number of hydrogen-bond acceptors (Lipinski definition) is 4. The number of aryl methyl sites for hydroxylation is 1. The van der Waals surface area contributed by atoms with Crippen molar-refractivity contribution in [2.45, 2.75) is 43.6 Å². The lowest BCUT2D eigenvalue weighted by Gasteiger charge is -2.29. The Labute approximate surface area is 123 Å². The van der Waals surface area contributed by atoms with Gasteiger partial charge in [-0.25, -0.2) is 4.98 Å². The molecule has 1 N–H and O–H groups in total. The van der Waals surface area contributed by atoms with Crippen molar-refractivity contribution in [1.82, 2.24) is 9.97 Å². The molecule has 18 heavy (non-hydrogen) atoms. The fraction of sp³-hybridized carbons (Fsp3) is 0.692. The summed E-state index contributed by atoms with van der Waals surface area (Å²) in [6.45, 7) is 4.46. The van der Waals surface area contributed by atoms with Crippen molar-refractivity contribution in [3.63, 3.8) is 0 Å². The van der Waals surface area contributed by atoms with Gasteiger partial charge in [-0.05, 0) is 18.9 Å². The molecular formula is C13H20N2S3. The van der Waals surface area contributed by atoms with Crippen molar-refractivity contribution in [2.75, 3.05) is 11.5 Å². The number of aromatic amines is 1. The normalized spacial score (nSPS) is 24.1. The zero-order valence-electron chi connectivity index (χ0n) is 10.9. The molecule has 1 aliphatic heterocycles. The second-order valence-electron chi connectivity index (χ2n) is 4.49. The third-order valence-corrected chi connectivity index (χ3v) is 6.52. The molecule has 0 saturated carbocycles. The van der Waals surface area contributed by atoms with Crippen LogP contribution in [0.3, 0.4) is 0 Å². The second kappa shape index (κ2) is 6.96. The zero-order chi connectivity index (χ0) is 13.0. The van der Waals surface area contributed by atoms with Crippen LogP contribution < -0.4 is 0 Å². The van der Waals surface area contributed by atoms with Crippen molar-refractivity contribution in [2.24, 2.45) is 0 Å². The first-order valence-electron chi connectivity index (χ1n) is 6.58.